The third-order valence-electron chi connectivity index (χ3n) is 2.27. The van der Waals surface area contributed by atoms with Crippen LogP contribution in [0.1, 0.15) is 6.42 Å². The Morgan fingerprint density at radius 2 is 2.23 bits per heavy atom. The smallest absolute Gasteiger partial charge is 0.223 e. The molecule has 0 aromatic heterocycles. The Morgan fingerprint density at radius 1 is 1.62 bits per heavy atom. The summed E-state index contributed by atoms with van der Waals surface area (Å²) in [5.74, 6) is -0.197. The molecular formula is C7H14N2O3S. The molecule has 13 heavy (non-hydrogen) atoms. The summed E-state index contributed by atoms with van der Waals surface area (Å²) >= 11 is 0. The summed E-state index contributed by atoms with van der Waals surface area (Å²) in [6, 6.07) is 0. The minimum atomic E-state index is -3.16. The number of rotatable bonds is 1. The summed E-state index contributed by atoms with van der Waals surface area (Å²) in [5.41, 5.74) is 5.34. The van der Waals surface area contributed by atoms with Crippen LogP contribution in [0.15, 0.2) is 0 Å². The molecule has 0 aromatic rings. The van der Waals surface area contributed by atoms with E-state index in [1.807, 2.05) is 0 Å². The monoisotopic (exact) mass is 206 g/mol. The molecule has 76 valence electrons. The largest absolute Gasteiger partial charge is 0.344 e. The molecule has 1 unspecified atom stereocenters. The molecule has 2 N–H and O–H groups in total. The van der Waals surface area contributed by atoms with Crippen LogP contribution in [0.2, 0.25) is 0 Å². The second kappa shape index (κ2) is 3.63. The third kappa shape index (κ3) is 2.19. The molecule has 1 amide bonds. The van der Waals surface area contributed by atoms with Crippen molar-refractivity contribution in [2.45, 2.75) is 11.7 Å². The highest BCUT2D eigenvalue weighted by Crippen LogP contribution is 2.11. The molecule has 1 heterocycles. The molecule has 0 saturated carbocycles. The molecular weight excluding hydrogens is 192 g/mol. The van der Waals surface area contributed by atoms with Gasteiger partial charge in [0.1, 0.15) is 0 Å². The first-order valence-corrected chi connectivity index (χ1v) is 5.84. The van der Waals surface area contributed by atoms with Crippen molar-refractivity contribution in [2.24, 2.45) is 5.73 Å². The van der Waals surface area contributed by atoms with E-state index < -0.39 is 15.1 Å². The van der Waals surface area contributed by atoms with Crippen LogP contribution in [0, 0.1) is 0 Å². The van der Waals surface area contributed by atoms with Gasteiger partial charge in [-0.25, -0.2) is 8.42 Å². The second-order valence-electron chi connectivity index (χ2n) is 3.25. The van der Waals surface area contributed by atoms with Crippen molar-refractivity contribution < 1.29 is 13.2 Å². The predicted molar refractivity (Wildman–Crippen MR) is 48.9 cm³/mol. The average molecular weight is 206 g/mol. The van der Waals surface area contributed by atoms with Gasteiger partial charge in [0.25, 0.3) is 0 Å². The van der Waals surface area contributed by atoms with Crippen molar-refractivity contribution >= 4 is 15.7 Å². The summed E-state index contributed by atoms with van der Waals surface area (Å²) in [6.45, 7) is 0.303. The number of amides is 1. The molecule has 1 aliphatic rings. The van der Waals surface area contributed by atoms with E-state index in [-0.39, 0.29) is 31.2 Å². The summed E-state index contributed by atoms with van der Waals surface area (Å²) in [7, 11) is -1.56. The van der Waals surface area contributed by atoms with Crippen LogP contribution in [0.4, 0.5) is 0 Å². The SMILES string of the molecule is CN1CC(CN)S(=O)(=O)CCC1=O. The van der Waals surface area contributed by atoms with Gasteiger partial charge in [-0.05, 0) is 0 Å². The summed E-state index contributed by atoms with van der Waals surface area (Å²) in [4.78, 5) is 12.6. The highest BCUT2D eigenvalue weighted by atomic mass is 32.2. The van der Waals surface area contributed by atoms with E-state index in [0.717, 1.165) is 0 Å². The predicted octanol–water partition coefficient (Wildman–Crippen LogP) is -1.41. The van der Waals surface area contributed by atoms with Gasteiger partial charge in [-0.15, -0.1) is 0 Å². The lowest BCUT2D eigenvalue weighted by Crippen LogP contribution is -2.39. The molecule has 1 atom stereocenters. The molecule has 1 fully saturated rings. The number of nitrogens with two attached hydrogens (primary N) is 1. The Balaban J connectivity index is 2.89. The van der Waals surface area contributed by atoms with Crippen LogP contribution < -0.4 is 5.73 Å². The van der Waals surface area contributed by atoms with Crippen molar-refractivity contribution in [2.75, 3.05) is 25.9 Å². The minimum absolute atomic E-state index is 0.0714. The van der Waals surface area contributed by atoms with Gasteiger partial charge in [-0.3, -0.25) is 4.79 Å². The summed E-state index contributed by atoms with van der Waals surface area (Å²) < 4.78 is 22.9. The van der Waals surface area contributed by atoms with Crippen molar-refractivity contribution in [3.05, 3.63) is 0 Å². The normalized spacial score (nSPS) is 28.6. The number of nitrogens with zero attached hydrogens (tertiary/aromatic N) is 1. The molecule has 0 aromatic carbocycles. The molecule has 1 saturated heterocycles. The van der Waals surface area contributed by atoms with Crippen LogP contribution >= 0.6 is 0 Å². The van der Waals surface area contributed by atoms with Crippen LogP contribution in [0.3, 0.4) is 0 Å². The Kier molecular flexibility index (Phi) is 2.92. The van der Waals surface area contributed by atoms with Gasteiger partial charge < -0.3 is 10.6 Å². The summed E-state index contributed by atoms with van der Waals surface area (Å²) in [6.07, 6.45) is 0.0787. The van der Waals surface area contributed by atoms with Gasteiger partial charge >= 0.3 is 0 Å². The van der Waals surface area contributed by atoms with Crippen molar-refractivity contribution in [1.82, 2.24) is 4.90 Å². The molecule has 0 aliphatic carbocycles. The van der Waals surface area contributed by atoms with Crippen LogP contribution in [-0.2, 0) is 14.6 Å². The van der Waals surface area contributed by atoms with Gasteiger partial charge in [0.2, 0.25) is 5.91 Å². The fourth-order valence-corrected chi connectivity index (χ4v) is 2.87. The fourth-order valence-electron chi connectivity index (χ4n) is 1.33. The Morgan fingerprint density at radius 3 is 2.77 bits per heavy atom. The van der Waals surface area contributed by atoms with Gasteiger partial charge in [-0.1, -0.05) is 0 Å². The van der Waals surface area contributed by atoms with Crippen molar-refractivity contribution in [3.8, 4) is 0 Å². The molecule has 0 radical (unpaired) electrons. The number of hydrogen-bond donors (Lipinski definition) is 1. The zero-order valence-electron chi connectivity index (χ0n) is 7.56. The lowest BCUT2D eigenvalue weighted by Gasteiger charge is -2.17. The quantitative estimate of drug-likeness (QED) is 0.571. The topological polar surface area (TPSA) is 80.5 Å². The maximum Gasteiger partial charge on any atom is 0.223 e. The van der Waals surface area contributed by atoms with E-state index in [9.17, 15) is 13.2 Å². The van der Waals surface area contributed by atoms with E-state index in [2.05, 4.69) is 0 Å². The lowest BCUT2D eigenvalue weighted by molar-refractivity contribution is -0.129. The zero-order valence-corrected chi connectivity index (χ0v) is 8.38. The van der Waals surface area contributed by atoms with Crippen LogP contribution in [-0.4, -0.2) is 50.4 Å². The maximum absolute atomic E-state index is 11.5. The maximum atomic E-state index is 11.5. The number of carbonyl (C=O) groups is 1. The van der Waals surface area contributed by atoms with E-state index in [4.69, 9.17) is 5.73 Å². The van der Waals surface area contributed by atoms with Gasteiger partial charge in [-0.2, -0.15) is 0 Å². The van der Waals surface area contributed by atoms with Crippen molar-refractivity contribution in [3.63, 3.8) is 0 Å². The highest BCUT2D eigenvalue weighted by molar-refractivity contribution is 7.92. The standard InChI is InChI=1S/C7H14N2O3S/c1-9-5-6(4-8)13(11,12)3-2-7(9)10/h6H,2-5,8H2,1H3. The first kappa shape index (κ1) is 10.5. The van der Waals surface area contributed by atoms with Crippen molar-refractivity contribution in [1.29, 1.82) is 0 Å². The number of carbonyl (C=O) groups excluding carboxylic acids is 1. The average Bonchev–Trinajstić information content (AvgIpc) is 2.16. The molecule has 0 spiro atoms. The van der Waals surface area contributed by atoms with Crippen LogP contribution in [0.25, 0.3) is 0 Å². The second-order valence-corrected chi connectivity index (χ2v) is 5.65. The van der Waals surface area contributed by atoms with E-state index in [0.29, 0.717) is 0 Å². The van der Waals surface area contributed by atoms with Crippen LogP contribution in [0.5, 0.6) is 0 Å². The van der Waals surface area contributed by atoms with E-state index >= 15 is 0 Å². The van der Waals surface area contributed by atoms with Gasteiger partial charge in [0, 0.05) is 26.6 Å². The molecule has 0 bridgehead atoms. The Hall–Kier alpha value is -0.620. The lowest BCUT2D eigenvalue weighted by atomic mass is 10.3. The van der Waals surface area contributed by atoms with E-state index in [1.54, 1.807) is 7.05 Å². The first-order chi connectivity index (χ1) is 5.97. The fraction of sp³-hybridized carbons (Fsp3) is 0.857. The van der Waals surface area contributed by atoms with Gasteiger partial charge in [0.15, 0.2) is 9.84 Å². The molecule has 5 nitrogen and oxygen atoms in total. The van der Waals surface area contributed by atoms with Gasteiger partial charge in [0.05, 0.1) is 11.0 Å². The third-order valence-corrected chi connectivity index (χ3v) is 4.40. The molecule has 1 aliphatic heterocycles. The Bertz CT molecular complexity index is 299. The molecule has 6 heteroatoms. The highest BCUT2D eigenvalue weighted by Gasteiger charge is 2.31. The number of sulfone groups is 1. The Labute approximate surface area is 77.8 Å². The number of hydrogen-bond acceptors (Lipinski definition) is 4. The minimum Gasteiger partial charge on any atom is -0.344 e. The zero-order chi connectivity index (χ0) is 10.1. The molecule has 1 rings (SSSR count). The summed E-state index contributed by atoms with van der Waals surface area (Å²) in [5, 5.41) is -0.594. The van der Waals surface area contributed by atoms with E-state index in [1.165, 1.54) is 4.90 Å². The first-order valence-electron chi connectivity index (χ1n) is 4.13.